The van der Waals surface area contributed by atoms with Gasteiger partial charge in [0.25, 0.3) is 0 Å². The maximum atomic E-state index is 11.6. The third-order valence-corrected chi connectivity index (χ3v) is 5.09. The van der Waals surface area contributed by atoms with E-state index in [-0.39, 0.29) is 6.42 Å². The van der Waals surface area contributed by atoms with E-state index in [2.05, 4.69) is 6.92 Å². The Labute approximate surface area is 161 Å². The number of unbranched alkanes of at least 4 members (excludes halogenated alkanes) is 14. The number of hydrogen-bond acceptors (Lipinski definition) is 4. The number of ether oxygens (including phenoxy) is 1. The van der Waals surface area contributed by atoms with Gasteiger partial charge >= 0.3 is 5.97 Å². The summed E-state index contributed by atoms with van der Waals surface area (Å²) in [6.45, 7) is 3.39. The molecule has 4 nitrogen and oxygen atoms in total. The van der Waals surface area contributed by atoms with Crippen molar-refractivity contribution in [3.8, 4) is 0 Å². The van der Waals surface area contributed by atoms with Crippen LogP contribution in [-0.2, 0) is 9.53 Å². The van der Waals surface area contributed by atoms with Crippen LogP contribution in [0.25, 0.3) is 0 Å². The van der Waals surface area contributed by atoms with Gasteiger partial charge in [-0.15, -0.1) is 0 Å². The highest BCUT2D eigenvalue weighted by molar-refractivity contribution is 5.69. The van der Waals surface area contributed by atoms with Crippen LogP contribution < -0.4 is 0 Å². The maximum absolute atomic E-state index is 11.6. The molecule has 0 aromatic heterocycles. The Morgan fingerprint density at radius 1 is 0.731 bits per heavy atom. The van der Waals surface area contributed by atoms with Gasteiger partial charge in [0, 0.05) is 12.8 Å². The fraction of sp³-hybridized carbons (Fsp3) is 0.955. The molecule has 0 spiro atoms. The highest BCUT2D eigenvalue weighted by Crippen LogP contribution is 2.15. The minimum absolute atomic E-state index is 0.202. The predicted molar refractivity (Wildman–Crippen MR) is 108 cm³/mol. The Bertz CT molecular complexity index is 313. The van der Waals surface area contributed by atoms with Gasteiger partial charge in [-0.1, -0.05) is 104 Å². The van der Waals surface area contributed by atoms with Gasteiger partial charge in [0.05, 0.1) is 0 Å². The number of carbonyl (C=O) groups excluding carboxylic acids is 1. The summed E-state index contributed by atoms with van der Waals surface area (Å²) >= 11 is 0. The lowest BCUT2D eigenvalue weighted by atomic mass is 10.0. The Kier molecular flexibility index (Phi) is 17.4. The summed E-state index contributed by atoms with van der Waals surface area (Å²) in [6.07, 6.45) is 19.9. The lowest BCUT2D eigenvalue weighted by Crippen LogP contribution is -2.38. The van der Waals surface area contributed by atoms with Crippen LogP contribution in [0.5, 0.6) is 0 Å². The minimum atomic E-state index is -1.70. The first kappa shape index (κ1) is 25.4. The fourth-order valence-electron chi connectivity index (χ4n) is 3.12. The molecule has 26 heavy (non-hydrogen) atoms. The smallest absolute Gasteiger partial charge is 0.308 e. The van der Waals surface area contributed by atoms with Crippen molar-refractivity contribution in [2.24, 2.45) is 0 Å². The highest BCUT2D eigenvalue weighted by atomic mass is 16.7. The summed E-state index contributed by atoms with van der Waals surface area (Å²) in [6, 6.07) is 0. The van der Waals surface area contributed by atoms with E-state index in [0.717, 1.165) is 19.3 Å². The molecule has 0 heterocycles. The summed E-state index contributed by atoms with van der Waals surface area (Å²) in [5.74, 6) is -2.12. The Morgan fingerprint density at radius 3 is 1.46 bits per heavy atom. The highest BCUT2D eigenvalue weighted by Gasteiger charge is 2.27. The van der Waals surface area contributed by atoms with Crippen molar-refractivity contribution in [1.29, 1.82) is 0 Å². The van der Waals surface area contributed by atoms with Gasteiger partial charge in [-0.05, 0) is 6.42 Å². The first-order valence-electron chi connectivity index (χ1n) is 11.1. The predicted octanol–water partition coefficient (Wildman–Crippen LogP) is 5.88. The second kappa shape index (κ2) is 17.8. The molecule has 0 bridgehead atoms. The van der Waals surface area contributed by atoms with E-state index in [1.165, 1.54) is 77.0 Å². The molecular weight excluding hydrogens is 328 g/mol. The number of aliphatic hydroxyl groups is 2. The van der Waals surface area contributed by atoms with E-state index in [9.17, 15) is 9.90 Å². The molecule has 0 amide bonds. The number of hydrogen-bond donors (Lipinski definition) is 2. The van der Waals surface area contributed by atoms with Crippen LogP contribution in [0.15, 0.2) is 0 Å². The first-order chi connectivity index (χ1) is 12.6. The van der Waals surface area contributed by atoms with Crippen molar-refractivity contribution in [2.75, 3.05) is 6.61 Å². The van der Waals surface area contributed by atoms with Gasteiger partial charge < -0.3 is 14.9 Å². The van der Waals surface area contributed by atoms with Crippen molar-refractivity contribution in [3.63, 3.8) is 0 Å². The van der Waals surface area contributed by atoms with Crippen LogP contribution in [0.2, 0.25) is 0 Å². The summed E-state index contributed by atoms with van der Waals surface area (Å²) in [5.41, 5.74) is 0. The number of carbonyl (C=O) groups is 1. The molecule has 0 aliphatic heterocycles. The Balaban J connectivity index is 3.28. The SMILES string of the molecule is CCCCCCCCCCCCCCCCCC(=O)OC(O)(CC)CO. The van der Waals surface area contributed by atoms with Crippen LogP contribution in [0.3, 0.4) is 0 Å². The molecule has 1 unspecified atom stereocenters. The van der Waals surface area contributed by atoms with Gasteiger partial charge in [0.15, 0.2) is 0 Å². The second-order valence-corrected chi connectivity index (χ2v) is 7.63. The van der Waals surface area contributed by atoms with Gasteiger partial charge in [-0.3, -0.25) is 4.79 Å². The second-order valence-electron chi connectivity index (χ2n) is 7.63. The van der Waals surface area contributed by atoms with Crippen LogP contribution in [-0.4, -0.2) is 28.6 Å². The molecule has 0 aliphatic rings. The van der Waals surface area contributed by atoms with Crippen LogP contribution in [0.4, 0.5) is 0 Å². The van der Waals surface area contributed by atoms with E-state index in [4.69, 9.17) is 9.84 Å². The number of aliphatic hydroxyl groups excluding tert-OH is 1. The molecule has 0 aromatic rings. The van der Waals surface area contributed by atoms with Crippen LogP contribution >= 0.6 is 0 Å². The van der Waals surface area contributed by atoms with E-state index in [1.54, 1.807) is 6.92 Å². The molecule has 1 atom stereocenters. The van der Waals surface area contributed by atoms with Gasteiger partial charge in [-0.25, -0.2) is 0 Å². The Hall–Kier alpha value is -0.610. The monoisotopic (exact) mass is 372 g/mol. The van der Waals surface area contributed by atoms with Gasteiger partial charge in [0.1, 0.15) is 6.61 Å². The fourth-order valence-corrected chi connectivity index (χ4v) is 3.12. The average molecular weight is 373 g/mol. The summed E-state index contributed by atoms with van der Waals surface area (Å²) in [7, 11) is 0. The van der Waals surface area contributed by atoms with Crippen molar-refractivity contribution in [3.05, 3.63) is 0 Å². The molecule has 0 radical (unpaired) electrons. The van der Waals surface area contributed by atoms with E-state index >= 15 is 0 Å². The van der Waals surface area contributed by atoms with Crippen molar-refractivity contribution < 1.29 is 19.7 Å². The summed E-state index contributed by atoms with van der Waals surface area (Å²) in [4.78, 5) is 11.6. The van der Waals surface area contributed by atoms with Gasteiger partial charge in [0.2, 0.25) is 5.79 Å². The number of esters is 1. The van der Waals surface area contributed by atoms with Crippen molar-refractivity contribution >= 4 is 5.97 Å². The normalized spacial score (nSPS) is 13.5. The van der Waals surface area contributed by atoms with E-state index in [0.29, 0.717) is 6.42 Å². The number of rotatable bonds is 19. The third-order valence-electron chi connectivity index (χ3n) is 5.09. The maximum Gasteiger partial charge on any atom is 0.308 e. The van der Waals surface area contributed by atoms with Crippen LogP contribution in [0, 0.1) is 0 Å². The zero-order valence-corrected chi connectivity index (χ0v) is 17.4. The molecule has 0 aliphatic carbocycles. The van der Waals surface area contributed by atoms with E-state index < -0.39 is 18.4 Å². The van der Waals surface area contributed by atoms with Crippen molar-refractivity contribution in [2.45, 2.75) is 129 Å². The topological polar surface area (TPSA) is 66.8 Å². The molecule has 0 fully saturated rings. The largest absolute Gasteiger partial charge is 0.431 e. The molecular formula is C22H44O4. The minimum Gasteiger partial charge on any atom is -0.431 e. The zero-order chi connectivity index (χ0) is 19.5. The standard InChI is InChI=1S/C22H44O4/c1-3-5-6-7-8-9-10-11-12-13-14-15-16-17-18-19-21(24)26-22(25,4-2)20-23/h23,25H,3-20H2,1-2H3. The molecule has 2 N–H and O–H groups in total. The lowest BCUT2D eigenvalue weighted by Gasteiger charge is -2.24. The third kappa shape index (κ3) is 15.6. The van der Waals surface area contributed by atoms with E-state index in [1.807, 2.05) is 0 Å². The van der Waals surface area contributed by atoms with Gasteiger partial charge in [-0.2, -0.15) is 0 Å². The molecule has 156 valence electrons. The lowest BCUT2D eigenvalue weighted by molar-refractivity contribution is -0.224. The summed E-state index contributed by atoms with van der Waals surface area (Å²) in [5, 5.41) is 18.7. The average Bonchev–Trinajstić information content (AvgIpc) is 2.64. The molecule has 4 heteroatoms. The molecule has 0 saturated carbocycles. The zero-order valence-electron chi connectivity index (χ0n) is 17.4. The van der Waals surface area contributed by atoms with Crippen molar-refractivity contribution in [1.82, 2.24) is 0 Å². The Morgan fingerprint density at radius 2 is 1.12 bits per heavy atom. The quantitative estimate of drug-likeness (QED) is 0.169. The molecule has 0 aromatic carbocycles. The molecule has 0 rings (SSSR count). The first-order valence-corrected chi connectivity index (χ1v) is 11.1. The molecule has 0 saturated heterocycles. The van der Waals surface area contributed by atoms with Crippen LogP contribution in [0.1, 0.15) is 123 Å². The summed E-state index contributed by atoms with van der Waals surface area (Å²) < 4.78 is 4.92.